The number of ether oxygens (including phenoxy) is 1. The Morgan fingerprint density at radius 3 is 2.79 bits per heavy atom. The lowest BCUT2D eigenvalue weighted by atomic mass is 9.91. The second-order valence-electron chi connectivity index (χ2n) is 11.5. The van der Waals surface area contributed by atoms with E-state index in [0.717, 1.165) is 54.4 Å². The third-order valence-corrected chi connectivity index (χ3v) is 8.14. The SMILES string of the molecule is CC1(C)CC(NC(=O)C2CCCN(c3cccc4c3C(=O)N(Cc3cnc5ccccc5c3)C4=O)C2)CCO1. The summed E-state index contributed by atoms with van der Waals surface area (Å²) < 4.78 is 5.80. The van der Waals surface area contributed by atoms with Crippen molar-refractivity contribution in [2.24, 2.45) is 5.92 Å². The lowest BCUT2D eigenvalue weighted by molar-refractivity contribution is -0.128. The lowest BCUT2D eigenvalue weighted by Gasteiger charge is -2.38. The van der Waals surface area contributed by atoms with Gasteiger partial charge in [-0.15, -0.1) is 0 Å². The molecule has 39 heavy (non-hydrogen) atoms. The van der Waals surface area contributed by atoms with Gasteiger partial charge in [0.1, 0.15) is 0 Å². The van der Waals surface area contributed by atoms with Gasteiger partial charge in [0.2, 0.25) is 5.91 Å². The zero-order chi connectivity index (χ0) is 27.1. The summed E-state index contributed by atoms with van der Waals surface area (Å²) in [6.07, 6.45) is 4.98. The molecule has 0 radical (unpaired) electrons. The minimum Gasteiger partial charge on any atom is -0.375 e. The zero-order valence-electron chi connectivity index (χ0n) is 22.5. The van der Waals surface area contributed by atoms with Gasteiger partial charge in [0.25, 0.3) is 11.8 Å². The van der Waals surface area contributed by atoms with E-state index in [1.807, 2.05) is 42.5 Å². The molecule has 2 saturated heterocycles. The number of fused-ring (bicyclic) bond motifs is 2. The minimum atomic E-state index is -0.297. The van der Waals surface area contributed by atoms with Crippen molar-refractivity contribution in [3.63, 3.8) is 0 Å². The van der Waals surface area contributed by atoms with E-state index in [0.29, 0.717) is 24.3 Å². The largest absolute Gasteiger partial charge is 0.375 e. The van der Waals surface area contributed by atoms with Gasteiger partial charge in [0.15, 0.2) is 0 Å². The van der Waals surface area contributed by atoms with E-state index in [9.17, 15) is 14.4 Å². The van der Waals surface area contributed by atoms with E-state index in [2.05, 4.69) is 29.0 Å². The highest BCUT2D eigenvalue weighted by Gasteiger charge is 2.40. The van der Waals surface area contributed by atoms with Crippen molar-refractivity contribution in [2.75, 3.05) is 24.6 Å². The number of aromatic nitrogens is 1. The molecule has 8 nitrogen and oxygen atoms in total. The summed E-state index contributed by atoms with van der Waals surface area (Å²) in [5.41, 5.74) is 3.02. The highest BCUT2D eigenvalue weighted by molar-refractivity contribution is 6.23. The van der Waals surface area contributed by atoms with Crippen molar-refractivity contribution in [1.29, 1.82) is 0 Å². The number of benzene rings is 2. The third-order valence-electron chi connectivity index (χ3n) is 8.14. The number of carbonyl (C=O) groups is 3. The molecule has 8 heteroatoms. The number of para-hydroxylation sites is 1. The Morgan fingerprint density at radius 1 is 1.10 bits per heavy atom. The quantitative estimate of drug-likeness (QED) is 0.498. The maximum absolute atomic E-state index is 13.6. The fourth-order valence-electron chi connectivity index (χ4n) is 6.19. The fraction of sp³-hybridized carbons (Fsp3) is 0.419. The predicted octanol–water partition coefficient (Wildman–Crippen LogP) is 4.32. The molecule has 0 aliphatic carbocycles. The number of nitrogens with one attached hydrogen (secondary N) is 1. The summed E-state index contributed by atoms with van der Waals surface area (Å²) in [4.78, 5) is 48.1. The first-order valence-corrected chi connectivity index (χ1v) is 13.8. The normalized spacial score (nSPS) is 22.7. The monoisotopic (exact) mass is 526 g/mol. The Bertz CT molecular complexity index is 1450. The van der Waals surface area contributed by atoms with Gasteiger partial charge >= 0.3 is 0 Å². The highest BCUT2D eigenvalue weighted by Crippen LogP contribution is 2.35. The third kappa shape index (κ3) is 5.01. The molecular weight excluding hydrogens is 492 g/mol. The molecule has 3 aliphatic heterocycles. The Hall–Kier alpha value is -3.78. The average Bonchev–Trinajstić information content (AvgIpc) is 3.17. The van der Waals surface area contributed by atoms with Crippen molar-refractivity contribution in [2.45, 2.75) is 57.7 Å². The molecular formula is C31H34N4O4. The van der Waals surface area contributed by atoms with E-state index in [4.69, 9.17) is 4.74 Å². The highest BCUT2D eigenvalue weighted by atomic mass is 16.5. The first-order chi connectivity index (χ1) is 18.8. The van der Waals surface area contributed by atoms with Crippen LogP contribution in [-0.2, 0) is 16.1 Å². The maximum Gasteiger partial charge on any atom is 0.263 e. The van der Waals surface area contributed by atoms with Crippen molar-refractivity contribution in [1.82, 2.24) is 15.2 Å². The number of piperidine rings is 1. The number of hydrogen-bond donors (Lipinski definition) is 1. The van der Waals surface area contributed by atoms with E-state index < -0.39 is 0 Å². The number of anilines is 1. The number of rotatable bonds is 5. The molecule has 202 valence electrons. The molecule has 2 atom stereocenters. The lowest BCUT2D eigenvalue weighted by Crippen LogP contribution is -2.50. The molecule has 6 rings (SSSR count). The van der Waals surface area contributed by atoms with Gasteiger partial charge < -0.3 is 15.0 Å². The van der Waals surface area contributed by atoms with Gasteiger partial charge in [-0.05, 0) is 69.4 Å². The molecule has 1 aromatic heterocycles. The minimum absolute atomic E-state index is 0.0582. The van der Waals surface area contributed by atoms with Crippen LogP contribution in [0.25, 0.3) is 10.9 Å². The molecule has 2 unspecified atom stereocenters. The van der Waals surface area contributed by atoms with Gasteiger partial charge in [-0.25, -0.2) is 0 Å². The summed E-state index contributed by atoms with van der Waals surface area (Å²) in [6, 6.07) is 15.3. The van der Waals surface area contributed by atoms with Crippen molar-refractivity contribution >= 4 is 34.3 Å². The van der Waals surface area contributed by atoms with Crippen LogP contribution in [0.3, 0.4) is 0 Å². The summed E-state index contributed by atoms with van der Waals surface area (Å²) in [7, 11) is 0. The van der Waals surface area contributed by atoms with Crippen LogP contribution in [-0.4, -0.2) is 58.9 Å². The number of amides is 3. The molecule has 3 aliphatic rings. The van der Waals surface area contributed by atoms with Crippen molar-refractivity contribution < 1.29 is 19.1 Å². The van der Waals surface area contributed by atoms with Crippen LogP contribution in [0.2, 0.25) is 0 Å². The summed E-state index contributed by atoms with van der Waals surface area (Å²) in [5.74, 6) is -0.705. The smallest absolute Gasteiger partial charge is 0.263 e. The van der Waals surface area contributed by atoms with Crippen molar-refractivity contribution in [3.05, 3.63) is 71.4 Å². The van der Waals surface area contributed by atoms with E-state index in [-0.39, 0.29) is 41.8 Å². The summed E-state index contributed by atoms with van der Waals surface area (Å²) in [5, 5.41) is 4.22. The molecule has 0 spiro atoms. The molecule has 4 heterocycles. The van der Waals surface area contributed by atoms with E-state index in [1.165, 1.54) is 4.90 Å². The predicted molar refractivity (Wildman–Crippen MR) is 149 cm³/mol. The molecule has 1 N–H and O–H groups in total. The summed E-state index contributed by atoms with van der Waals surface area (Å²) >= 11 is 0. The fourth-order valence-corrected chi connectivity index (χ4v) is 6.19. The Balaban J connectivity index is 1.19. The second kappa shape index (κ2) is 10.1. The number of carbonyl (C=O) groups excluding carboxylic acids is 3. The Kier molecular flexibility index (Phi) is 6.59. The van der Waals surface area contributed by atoms with Gasteiger partial charge in [-0.2, -0.15) is 0 Å². The van der Waals surface area contributed by atoms with Gasteiger partial charge in [0.05, 0.1) is 40.4 Å². The number of hydrogen-bond acceptors (Lipinski definition) is 6. The van der Waals surface area contributed by atoms with Crippen LogP contribution < -0.4 is 10.2 Å². The number of pyridine rings is 1. The van der Waals surface area contributed by atoms with Crippen LogP contribution in [0.4, 0.5) is 5.69 Å². The van der Waals surface area contributed by atoms with E-state index in [1.54, 1.807) is 12.3 Å². The Morgan fingerprint density at radius 2 is 1.95 bits per heavy atom. The average molecular weight is 527 g/mol. The van der Waals surface area contributed by atoms with Crippen molar-refractivity contribution in [3.8, 4) is 0 Å². The molecule has 3 amide bonds. The number of nitrogens with zero attached hydrogens (tertiary/aromatic N) is 3. The maximum atomic E-state index is 13.6. The summed E-state index contributed by atoms with van der Waals surface area (Å²) in [6.45, 7) is 6.18. The van der Waals surface area contributed by atoms with Gasteiger partial charge in [-0.1, -0.05) is 24.3 Å². The van der Waals surface area contributed by atoms with Crippen LogP contribution in [0.1, 0.15) is 65.8 Å². The zero-order valence-corrected chi connectivity index (χ0v) is 22.5. The molecule has 2 aromatic carbocycles. The van der Waals surface area contributed by atoms with Crippen LogP contribution >= 0.6 is 0 Å². The molecule has 0 saturated carbocycles. The number of imide groups is 1. The Labute approximate surface area is 228 Å². The van der Waals surface area contributed by atoms with Gasteiger partial charge in [0, 0.05) is 37.3 Å². The topological polar surface area (TPSA) is 91.8 Å². The molecule has 2 fully saturated rings. The van der Waals surface area contributed by atoms with Crippen LogP contribution in [0.5, 0.6) is 0 Å². The van der Waals surface area contributed by atoms with Crippen LogP contribution in [0, 0.1) is 5.92 Å². The van der Waals surface area contributed by atoms with Crippen LogP contribution in [0.15, 0.2) is 54.7 Å². The standard InChI is InChI=1S/C31H34N4O4/c1-31(2)16-23(12-14-39-31)33-28(36)22-8-6-13-34(19-22)26-11-5-9-24-27(26)30(38)35(29(24)37)18-20-15-21-7-3-4-10-25(21)32-17-20/h3-5,7,9-11,15,17,22-23H,6,8,12-14,16,18-19H2,1-2H3,(H,33,36). The molecule has 0 bridgehead atoms. The second-order valence-corrected chi connectivity index (χ2v) is 11.5. The van der Waals surface area contributed by atoms with E-state index >= 15 is 0 Å². The molecule has 3 aromatic rings. The van der Waals surface area contributed by atoms with Gasteiger partial charge in [-0.3, -0.25) is 24.3 Å². The first kappa shape index (κ1) is 25.5. The first-order valence-electron chi connectivity index (χ1n) is 13.8.